The van der Waals surface area contributed by atoms with Crippen LogP contribution in [-0.4, -0.2) is 18.5 Å². The van der Waals surface area contributed by atoms with Gasteiger partial charge in [0.1, 0.15) is 0 Å². The molecule has 8 heteroatoms. The minimum absolute atomic E-state index is 0. The van der Waals surface area contributed by atoms with E-state index in [0.717, 1.165) is 0 Å². The second-order valence-electron chi connectivity index (χ2n) is 4.20. The summed E-state index contributed by atoms with van der Waals surface area (Å²) in [6.07, 6.45) is 14.0. The Labute approximate surface area is 147 Å². The molecule has 2 rings (SSSR count). The van der Waals surface area contributed by atoms with Crippen molar-refractivity contribution >= 4 is 10.1 Å². The molecule has 0 bridgehead atoms. The fourth-order valence-electron chi connectivity index (χ4n) is 1.26. The first-order valence-electron chi connectivity index (χ1n) is 6.59. The van der Waals surface area contributed by atoms with E-state index in [4.69, 9.17) is 13.0 Å². The number of rotatable bonds is 0. The molecule has 1 aromatic carbocycles. The SMILES string of the molecule is C1=C\CCCC\C=C/1.O=S(=O)([O-])C(F)(F)F.[Rh+].c1ccccc1. The Kier molecular flexibility index (Phi) is 14.2. The monoisotopic (exact) mass is 438 g/mol. The first-order chi connectivity index (χ1) is 10.2. The Morgan fingerprint density at radius 2 is 1.04 bits per heavy atom. The van der Waals surface area contributed by atoms with Gasteiger partial charge < -0.3 is 4.55 Å². The number of hydrogen-bond donors (Lipinski definition) is 0. The van der Waals surface area contributed by atoms with Crippen LogP contribution in [-0.2, 0) is 29.6 Å². The molecule has 1 aliphatic carbocycles. The zero-order valence-electron chi connectivity index (χ0n) is 12.2. The maximum atomic E-state index is 10.7. The Morgan fingerprint density at radius 1 is 0.783 bits per heavy atom. The predicted octanol–water partition coefficient (Wildman–Crippen LogP) is 4.41. The van der Waals surface area contributed by atoms with Gasteiger partial charge in [-0.25, -0.2) is 8.42 Å². The average molecular weight is 438 g/mol. The summed E-state index contributed by atoms with van der Waals surface area (Å²) in [5.41, 5.74) is -5.65. The van der Waals surface area contributed by atoms with Crippen molar-refractivity contribution in [3.05, 3.63) is 60.7 Å². The molecule has 0 aliphatic heterocycles. The van der Waals surface area contributed by atoms with Gasteiger partial charge >= 0.3 is 25.0 Å². The number of halogens is 3. The van der Waals surface area contributed by atoms with Gasteiger partial charge in [-0.15, -0.1) is 0 Å². The molecule has 0 heterocycles. The van der Waals surface area contributed by atoms with Crippen molar-refractivity contribution in [1.82, 2.24) is 0 Å². The van der Waals surface area contributed by atoms with Crippen LogP contribution in [0, 0.1) is 0 Å². The second kappa shape index (κ2) is 13.5. The topological polar surface area (TPSA) is 57.2 Å². The maximum Gasteiger partial charge on any atom is 1.00 e. The van der Waals surface area contributed by atoms with Crippen molar-refractivity contribution in [2.75, 3.05) is 0 Å². The van der Waals surface area contributed by atoms with E-state index >= 15 is 0 Å². The molecule has 23 heavy (non-hydrogen) atoms. The first kappa shape index (κ1) is 24.3. The zero-order chi connectivity index (χ0) is 16.9. The average Bonchev–Trinajstić information content (AvgIpc) is 2.39. The number of benzene rings is 1. The third kappa shape index (κ3) is 15.7. The van der Waals surface area contributed by atoms with Gasteiger partial charge in [-0.2, -0.15) is 13.2 Å². The minimum Gasteiger partial charge on any atom is -0.741 e. The zero-order valence-corrected chi connectivity index (χ0v) is 14.7. The van der Waals surface area contributed by atoms with E-state index in [9.17, 15) is 13.2 Å². The summed E-state index contributed by atoms with van der Waals surface area (Å²) in [7, 11) is -6.09. The summed E-state index contributed by atoms with van der Waals surface area (Å²) in [6.45, 7) is 0. The van der Waals surface area contributed by atoms with Crippen LogP contribution in [0.2, 0.25) is 0 Å². The summed E-state index contributed by atoms with van der Waals surface area (Å²) in [5, 5.41) is 0. The van der Waals surface area contributed by atoms with Gasteiger partial charge in [0, 0.05) is 0 Å². The van der Waals surface area contributed by atoms with E-state index in [2.05, 4.69) is 24.3 Å². The van der Waals surface area contributed by atoms with Crippen molar-refractivity contribution in [1.29, 1.82) is 0 Å². The molecule has 0 amide bonds. The molecule has 0 saturated carbocycles. The third-order valence-corrected chi connectivity index (χ3v) is 2.89. The fourth-order valence-corrected chi connectivity index (χ4v) is 1.26. The van der Waals surface area contributed by atoms with Gasteiger partial charge in [0.25, 0.3) is 0 Å². The third-order valence-electron chi connectivity index (χ3n) is 2.32. The molecule has 0 spiro atoms. The number of alkyl halides is 3. The van der Waals surface area contributed by atoms with Crippen molar-refractivity contribution in [3.63, 3.8) is 0 Å². The fraction of sp³-hybridized carbons (Fsp3) is 0.333. The van der Waals surface area contributed by atoms with Crippen molar-refractivity contribution in [2.24, 2.45) is 0 Å². The van der Waals surface area contributed by atoms with Crippen LogP contribution in [0.5, 0.6) is 0 Å². The standard InChI is InChI=1S/C8H12.C6H6.CHF3O3S.Rh/c1-2-4-6-8-7-5-3-1;1-2-4-6-5-3-1;2-1(3,4)8(5,6)7;/h1-4H,5-8H2;1-6H;(H,5,6,7);/q;;;+1/p-1/b3-1-,4-2-;;;. The summed E-state index contributed by atoms with van der Waals surface area (Å²) in [6, 6.07) is 12.0. The Morgan fingerprint density at radius 3 is 1.26 bits per heavy atom. The van der Waals surface area contributed by atoms with E-state index in [0.29, 0.717) is 0 Å². The minimum atomic E-state index is -6.09. The van der Waals surface area contributed by atoms with Gasteiger partial charge in [-0.3, -0.25) is 0 Å². The van der Waals surface area contributed by atoms with Crippen LogP contribution in [0.3, 0.4) is 0 Å². The van der Waals surface area contributed by atoms with E-state index in [-0.39, 0.29) is 19.5 Å². The first-order valence-corrected chi connectivity index (χ1v) is 8.00. The molecular formula is C15H18F3O3RhS. The van der Waals surface area contributed by atoms with E-state index in [1.54, 1.807) is 0 Å². The Balaban J connectivity index is 0. The van der Waals surface area contributed by atoms with Crippen LogP contribution < -0.4 is 0 Å². The number of hydrogen-bond acceptors (Lipinski definition) is 3. The predicted molar refractivity (Wildman–Crippen MR) is 78.9 cm³/mol. The van der Waals surface area contributed by atoms with Gasteiger partial charge in [0.2, 0.25) is 0 Å². The van der Waals surface area contributed by atoms with E-state index < -0.39 is 15.6 Å². The van der Waals surface area contributed by atoms with Crippen molar-refractivity contribution < 1.29 is 45.6 Å². The molecule has 1 aromatic rings. The Hall–Kier alpha value is -0.977. The molecular weight excluding hydrogens is 420 g/mol. The summed E-state index contributed by atoms with van der Waals surface area (Å²) in [5.74, 6) is 0. The van der Waals surface area contributed by atoms with E-state index in [1.807, 2.05) is 36.4 Å². The molecule has 0 unspecified atom stereocenters. The van der Waals surface area contributed by atoms with Crippen molar-refractivity contribution in [3.8, 4) is 0 Å². The molecule has 0 atom stereocenters. The molecule has 132 valence electrons. The molecule has 0 N–H and O–H groups in total. The van der Waals surface area contributed by atoms with Gasteiger partial charge in [-0.05, 0) is 25.7 Å². The molecule has 1 aliphatic rings. The molecule has 0 radical (unpaired) electrons. The van der Waals surface area contributed by atoms with Gasteiger partial charge in [-0.1, -0.05) is 60.7 Å². The van der Waals surface area contributed by atoms with Crippen LogP contribution in [0.4, 0.5) is 13.2 Å². The molecule has 0 aromatic heterocycles. The smallest absolute Gasteiger partial charge is 0.741 e. The normalized spacial score (nSPS) is 16.7. The van der Waals surface area contributed by atoms with Crippen LogP contribution in [0.1, 0.15) is 25.7 Å². The molecule has 0 saturated heterocycles. The second-order valence-corrected chi connectivity index (χ2v) is 5.57. The number of allylic oxidation sites excluding steroid dienone is 4. The van der Waals surface area contributed by atoms with Gasteiger partial charge in [0.05, 0.1) is 0 Å². The summed E-state index contributed by atoms with van der Waals surface area (Å²) >= 11 is 0. The Bertz CT molecular complexity index is 500. The maximum absolute atomic E-state index is 10.7. The largest absolute Gasteiger partial charge is 1.00 e. The van der Waals surface area contributed by atoms with Crippen LogP contribution in [0.15, 0.2) is 60.7 Å². The summed E-state index contributed by atoms with van der Waals surface area (Å²) < 4.78 is 58.9. The van der Waals surface area contributed by atoms with Crippen LogP contribution >= 0.6 is 0 Å². The van der Waals surface area contributed by atoms with Crippen molar-refractivity contribution in [2.45, 2.75) is 31.2 Å². The van der Waals surface area contributed by atoms with Crippen LogP contribution in [0.25, 0.3) is 0 Å². The molecule has 3 nitrogen and oxygen atoms in total. The summed E-state index contributed by atoms with van der Waals surface area (Å²) in [4.78, 5) is 0. The van der Waals surface area contributed by atoms with E-state index in [1.165, 1.54) is 25.7 Å². The quantitative estimate of drug-likeness (QED) is 0.343. The molecule has 0 fully saturated rings. The van der Waals surface area contributed by atoms with Gasteiger partial charge in [0.15, 0.2) is 10.1 Å².